The zero-order chi connectivity index (χ0) is 15.0. The van der Waals surface area contributed by atoms with E-state index in [9.17, 15) is 4.79 Å². The van der Waals surface area contributed by atoms with Gasteiger partial charge in [0, 0.05) is 31.3 Å². The van der Waals surface area contributed by atoms with E-state index in [0.29, 0.717) is 11.2 Å². The molecule has 2 aromatic rings. The molecule has 1 aliphatic rings. The number of H-pyrrole nitrogens is 1. The minimum Gasteiger partial charge on any atom is -0.383 e. The van der Waals surface area contributed by atoms with Gasteiger partial charge in [-0.2, -0.15) is 5.10 Å². The van der Waals surface area contributed by atoms with Gasteiger partial charge in [0.25, 0.3) is 5.56 Å². The Balaban J connectivity index is 1.87. The van der Waals surface area contributed by atoms with Gasteiger partial charge in [0.1, 0.15) is 10.8 Å². The minimum atomic E-state index is -0.249. The quantitative estimate of drug-likeness (QED) is 0.706. The van der Waals surface area contributed by atoms with Crippen LogP contribution >= 0.6 is 11.8 Å². The Hall–Kier alpha value is -1.80. The van der Waals surface area contributed by atoms with Gasteiger partial charge >= 0.3 is 0 Å². The molecular weight excluding hydrogens is 288 g/mol. The maximum atomic E-state index is 11.5. The Morgan fingerprint density at radius 2 is 2.33 bits per heavy atom. The topological polar surface area (TPSA) is 102 Å². The van der Waals surface area contributed by atoms with Crippen molar-refractivity contribution in [2.45, 2.75) is 42.5 Å². The fourth-order valence-corrected chi connectivity index (χ4v) is 3.14. The molecule has 0 aromatic carbocycles. The molecule has 1 saturated carbocycles. The van der Waals surface area contributed by atoms with Crippen LogP contribution in [0.1, 0.15) is 24.1 Å². The van der Waals surface area contributed by atoms with E-state index in [0.717, 1.165) is 22.8 Å². The van der Waals surface area contributed by atoms with Crippen molar-refractivity contribution in [3.63, 3.8) is 0 Å². The largest absolute Gasteiger partial charge is 0.383 e. The number of aryl methyl sites for hydroxylation is 2. The predicted octanol–water partition coefficient (Wildman–Crippen LogP) is 0.797. The van der Waals surface area contributed by atoms with Gasteiger partial charge in [0.05, 0.1) is 5.69 Å². The van der Waals surface area contributed by atoms with Gasteiger partial charge in [-0.05, 0) is 31.5 Å². The highest BCUT2D eigenvalue weighted by atomic mass is 32.2. The van der Waals surface area contributed by atoms with Crippen LogP contribution in [0.15, 0.2) is 21.0 Å². The summed E-state index contributed by atoms with van der Waals surface area (Å²) in [6.07, 6.45) is 2.48. The van der Waals surface area contributed by atoms with Crippen molar-refractivity contribution >= 4 is 17.6 Å². The first-order valence-electron chi connectivity index (χ1n) is 6.83. The maximum Gasteiger partial charge on any atom is 0.253 e. The molecule has 21 heavy (non-hydrogen) atoms. The molecule has 7 nitrogen and oxygen atoms in total. The summed E-state index contributed by atoms with van der Waals surface area (Å²) < 4.78 is 1.81. The summed E-state index contributed by atoms with van der Waals surface area (Å²) in [7, 11) is 1.89. The molecule has 0 unspecified atom stereocenters. The monoisotopic (exact) mass is 306 g/mol. The lowest BCUT2D eigenvalue weighted by Gasteiger charge is -2.07. The molecule has 0 atom stereocenters. The number of anilines is 1. The summed E-state index contributed by atoms with van der Waals surface area (Å²) in [5.41, 5.74) is 7.50. The lowest BCUT2D eigenvalue weighted by atomic mass is 10.2. The number of aromatic nitrogens is 4. The summed E-state index contributed by atoms with van der Waals surface area (Å²) in [6, 6.07) is 1.90. The predicted molar refractivity (Wildman–Crippen MR) is 81.2 cm³/mol. The number of rotatable bonds is 5. The maximum absolute atomic E-state index is 11.5. The van der Waals surface area contributed by atoms with Gasteiger partial charge in [0.2, 0.25) is 0 Å². The van der Waals surface area contributed by atoms with Crippen LogP contribution in [-0.2, 0) is 13.6 Å². The summed E-state index contributed by atoms with van der Waals surface area (Å²) in [5, 5.41) is 9.40. The van der Waals surface area contributed by atoms with Crippen molar-refractivity contribution in [3.8, 4) is 0 Å². The van der Waals surface area contributed by atoms with Crippen molar-refractivity contribution in [1.82, 2.24) is 25.1 Å². The number of hydrogen-bond donors (Lipinski definition) is 3. The SMILES string of the molecule is Cc1nn(C)c(Sc2nc(N)cc(=O)[nH]2)c1CNC1CC1. The second kappa shape index (κ2) is 5.53. The van der Waals surface area contributed by atoms with Crippen LogP contribution in [-0.4, -0.2) is 25.8 Å². The van der Waals surface area contributed by atoms with Gasteiger partial charge < -0.3 is 16.0 Å². The van der Waals surface area contributed by atoms with E-state index < -0.39 is 0 Å². The zero-order valence-corrected chi connectivity index (χ0v) is 12.8. The smallest absolute Gasteiger partial charge is 0.253 e. The van der Waals surface area contributed by atoms with Crippen molar-refractivity contribution < 1.29 is 0 Å². The summed E-state index contributed by atoms with van der Waals surface area (Å²) in [4.78, 5) is 18.3. The molecule has 1 fully saturated rings. The summed E-state index contributed by atoms with van der Waals surface area (Å²) in [5.74, 6) is 0.220. The molecule has 1 aliphatic carbocycles. The van der Waals surface area contributed by atoms with Crippen LogP contribution in [0.2, 0.25) is 0 Å². The van der Waals surface area contributed by atoms with E-state index in [1.807, 2.05) is 18.7 Å². The van der Waals surface area contributed by atoms with Gasteiger partial charge in [-0.15, -0.1) is 0 Å². The van der Waals surface area contributed by atoms with Gasteiger partial charge in [-0.1, -0.05) is 0 Å². The van der Waals surface area contributed by atoms with Crippen LogP contribution in [0.4, 0.5) is 5.82 Å². The molecule has 2 aromatic heterocycles. The molecular formula is C13H18N6OS. The number of nitrogens with zero attached hydrogens (tertiary/aromatic N) is 3. The van der Waals surface area contributed by atoms with Crippen LogP contribution in [0.25, 0.3) is 0 Å². The Kier molecular flexibility index (Phi) is 3.73. The van der Waals surface area contributed by atoms with E-state index in [1.165, 1.54) is 30.7 Å². The lowest BCUT2D eigenvalue weighted by molar-refractivity contribution is 0.657. The van der Waals surface area contributed by atoms with Gasteiger partial charge in [-0.25, -0.2) is 4.98 Å². The molecule has 0 radical (unpaired) electrons. The molecule has 0 saturated heterocycles. The number of hydrogen-bond acceptors (Lipinski definition) is 6. The number of nitrogen functional groups attached to an aromatic ring is 1. The Bertz CT molecular complexity index is 718. The van der Waals surface area contributed by atoms with E-state index in [1.54, 1.807) is 0 Å². The molecule has 0 spiro atoms. The minimum absolute atomic E-state index is 0.220. The third kappa shape index (κ3) is 3.27. The first kappa shape index (κ1) is 14.2. The molecule has 8 heteroatoms. The van der Waals surface area contributed by atoms with Crippen LogP contribution < -0.4 is 16.6 Å². The van der Waals surface area contributed by atoms with E-state index in [4.69, 9.17) is 5.73 Å². The molecule has 112 valence electrons. The Labute approximate surface area is 126 Å². The molecule has 2 heterocycles. The van der Waals surface area contributed by atoms with Crippen molar-refractivity contribution in [2.24, 2.45) is 7.05 Å². The lowest BCUT2D eigenvalue weighted by Crippen LogP contribution is -2.16. The first-order valence-corrected chi connectivity index (χ1v) is 7.65. The van der Waals surface area contributed by atoms with Crippen molar-refractivity contribution in [1.29, 1.82) is 0 Å². The van der Waals surface area contributed by atoms with Gasteiger partial charge in [0.15, 0.2) is 5.16 Å². The molecule has 0 bridgehead atoms. The Morgan fingerprint density at radius 3 is 3.00 bits per heavy atom. The number of nitrogens with two attached hydrogens (primary N) is 1. The second-order valence-electron chi connectivity index (χ2n) is 5.23. The highest BCUT2D eigenvalue weighted by molar-refractivity contribution is 7.99. The third-order valence-corrected chi connectivity index (χ3v) is 4.46. The Morgan fingerprint density at radius 1 is 1.57 bits per heavy atom. The highest BCUT2D eigenvalue weighted by Crippen LogP contribution is 2.30. The second-order valence-corrected chi connectivity index (χ2v) is 6.20. The van der Waals surface area contributed by atoms with Crippen LogP contribution in [0, 0.1) is 6.92 Å². The highest BCUT2D eigenvalue weighted by Gasteiger charge is 2.22. The van der Waals surface area contributed by atoms with E-state index >= 15 is 0 Å². The summed E-state index contributed by atoms with van der Waals surface area (Å²) in [6.45, 7) is 2.77. The third-order valence-electron chi connectivity index (χ3n) is 3.37. The normalized spacial score (nSPS) is 14.6. The standard InChI is InChI=1S/C13H18N6OS/c1-7-9(6-15-8-3-4-8)12(19(2)18-7)21-13-16-10(14)5-11(20)17-13/h5,8,15H,3-4,6H2,1-2H3,(H3,14,16,17,20). The molecule has 0 aliphatic heterocycles. The average Bonchev–Trinajstić information content (AvgIpc) is 3.16. The fourth-order valence-electron chi connectivity index (χ4n) is 2.14. The fraction of sp³-hybridized carbons (Fsp3) is 0.462. The molecule has 4 N–H and O–H groups in total. The first-order chi connectivity index (χ1) is 10.0. The van der Waals surface area contributed by atoms with Crippen LogP contribution in [0.3, 0.4) is 0 Å². The van der Waals surface area contributed by atoms with Gasteiger partial charge in [-0.3, -0.25) is 9.48 Å². The number of aromatic amines is 1. The van der Waals surface area contributed by atoms with E-state index in [2.05, 4.69) is 20.4 Å². The summed E-state index contributed by atoms with van der Waals surface area (Å²) >= 11 is 1.38. The molecule has 0 amide bonds. The van der Waals surface area contributed by atoms with E-state index in [-0.39, 0.29) is 11.4 Å². The number of nitrogens with one attached hydrogen (secondary N) is 2. The zero-order valence-electron chi connectivity index (χ0n) is 12.0. The average molecular weight is 306 g/mol. The van der Waals surface area contributed by atoms with Crippen molar-refractivity contribution in [3.05, 3.63) is 27.7 Å². The van der Waals surface area contributed by atoms with Crippen LogP contribution in [0.5, 0.6) is 0 Å². The van der Waals surface area contributed by atoms with Crippen molar-refractivity contribution in [2.75, 3.05) is 5.73 Å². The molecule has 3 rings (SSSR count).